The van der Waals surface area contributed by atoms with Crippen molar-refractivity contribution >= 4 is 5.69 Å². The highest BCUT2D eigenvalue weighted by molar-refractivity contribution is 5.46. The first-order valence-electron chi connectivity index (χ1n) is 7.24. The van der Waals surface area contributed by atoms with Gasteiger partial charge < -0.3 is 9.80 Å². The molecule has 0 N–H and O–H groups in total. The number of para-hydroxylation sites is 1. The second-order valence-corrected chi connectivity index (χ2v) is 5.33. The minimum atomic E-state index is 1.02. The van der Waals surface area contributed by atoms with Crippen LogP contribution < -0.4 is 4.90 Å². The molecule has 1 aromatic carbocycles. The van der Waals surface area contributed by atoms with E-state index in [2.05, 4.69) is 59.4 Å². The fourth-order valence-electron chi connectivity index (χ4n) is 2.45. The lowest BCUT2D eigenvalue weighted by Crippen LogP contribution is -2.29. The summed E-state index contributed by atoms with van der Waals surface area (Å²) >= 11 is 0. The van der Waals surface area contributed by atoms with Gasteiger partial charge in [-0.05, 0) is 31.6 Å². The Morgan fingerprint density at radius 2 is 1.75 bits per heavy atom. The van der Waals surface area contributed by atoms with Crippen molar-refractivity contribution < 1.29 is 0 Å². The summed E-state index contributed by atoms with van der Waals surface area (Å²) in [6, 6.07) is 10.6. The molecular formula is C18H24N2. The highest BCUT2D eigenvalue weighted by atomic mass is 15.2. The summed E-state index contributed by atoms with van der Waals surface area (Å²) in [4.78, 5) is 4.82. The Morgan fingerprint density at radius 3 is 2.45 bits per heavy atom. The van der Waals surface area contributed by atoms with Crippen molar-refractivity contribution in [2.45, 2.75) is 13.3 Å². The van der Waals surface area contributed by atoms with Gasteiger partial charge >= 0.3 is 0 Å². The molecule has 1 saturated heterocycles. The molecule has 0 radical (unpaired) electrons. The Hall–Kier alpha value is -1.96. The van der Waals surface area contributed by atoms with Crippen LogP contribution in [-0.2, 0) is 0 Å². The van der Waals surface area contributed by atoms with Gasteiger partial charge in [0.15, 0.2) is 0 Å². The molecule has 0 saturated carbocycles. The largest absolute Gasteiger partial charge is 0.370 e. The molecule has 1 aromatic rings. The lowest BCUT2D eigenvalue weighted by molar-refractivity contribution is 0.382. The van der Waals surface area contributed by atoms with Crippen molar-refractivity contribution in [2.24, 2.45) is 0 Å². The Kier molecular flexibility index (Phi) is 5.05. The van der Waals surface area contributed by atoms with E-state index in [1.807, 2.05) is 13.0 Å². The molecule has 0 unspecified atom stereocenters. The van der Waals surface area contributed by atoms with Crippen LogP contribution >= 0.6 is 0 Å². The van der Waals surface area contributed by atoms with Crippen molar-refractivity contribution in [1.29, 1.82) is 0 Å². The first-order valence-corrected chi connectivity index (χ1v) is 7.24. The SMILES string of the molecule is C=C(C)/C=C\C(=C)N1CCCN(c2ccccc2)CC1. The van der Waals surface area contributed by atoms with Crippen molar-refractivity contribution in [3.8, 4) is 0 Å². The Bertz CT molecular complexity index is 487. The van der Waals surface area contributed by atoms with E-state index in [4.69, 9.17) is 0 Å². The summed E-state index contributed by atoms with van der Waals surface area (Å²) < 4.78 is 0. The highest BCUT2D eigenvalue weighted by Crippen LogP contribution is 2.17. The van der Waals surface area contributed by atoms with Crippen molar-refractivity contribution in [2.75, 3.05) is 31.1 Å². The summed E-state index contributed by atoms with van der Waals surface area (Å²) in [5.41, 5.74) is 3.47. The van der Waals surface area contributed by atoms with E-state index in [1.165, 1.54) is 5.69 Å². The van der Waals surface area contributed by atoms with Gasteiger partial charge in [0.05, 0.1) is 0 Å². The standard InChI is InChI=1S/C18H24N2/c1-16(2)10-11-17(3)19-12-7-13-20(15-14-19)18-8-5-4-6-9-18/h4-6,8-11H,1,3,7,12-15H2,2H3/b11-10-. The molecule has 106 valence electrons. The van der Waals surface area contributed by atoms with E-state index in [0.29, 0.717) is 0 Å². The summed E-state index contributed by atoms with van der Waals surface area (Å²) in [5.74, 6) is 0. The van der Waals surface area contributed by atoms with Crippen LogP contribution in [0.3, 0.4) is 0 Å². The average Bonchev–Trinajstić information content (AvgIpc) is 2.71. The molecule has 1 aliphatic rings. The third kappa shape index (κ3) is 4.02. The average molecular weight is 268 g/mol. The van der Waals surface area contributed by atoms with E-state index in [-0.39, 0.29) is 0 Å². The third-order valence-electron chi connectivity index (χ3n) is 3.58. The lowest BCUT2D eigenvalue weighted by atomic mass is 10.2. The lowest BCUT2D eigenvalue weighted by Gasteiger charge is -2.25. The zero-order chi connectivity index (χ0) is 14.4. The summed E-state index contributed by atoms with van der Waals surface area (Å²) in [7, 11) is 0. The van der Waals surface area contributed by atoms with Crippen LogP contribution in [0.25, 0.3) is 0 Å². The maximum atomic E-state index is 4.17. The van der Waals surface area contributed by atoms with Crippen molar-refractivity contribution in [3.05, 3.63) is 66.9 Å². The number of hydrogen-bond acceptors (Lipinski definition) is 2. The van der Waals surface area contributed by atoms with Crippen LogP contribution in [0.15, 0.2) is 66.9 Å². The van der Waals surface area contributed by atoms with Crippen LogP contribution in [0.2, 0.25) is 0 Å². The van der Waals surface area contributed by atoms with Gasteiger partial charge in [-0.1, -0.05) is 43.0 Å². The number of rotatable bonds is 4. The van der Waals surface area contributed by atoms with Gasteiger partial charge in [0.2, 0.25) is 0 Å². The van der Waals surface area contributed by atoms with Gasteiger partial charge in [0.1, 0.15) is 0 Å². The predicted octanol–water partition coefficient (Wildman–Crippen LogP) is 3.84. The van der Waals surface area contributed by atoms with Gasteiger partial charge in [0.25, 0.3) is 0 Å². The van der Waals surface area contributed by atoms with Crippen molar-refractivity contribution in [1.82, 2.24) is 4.90 Å². The molecule has 0 spiro atoms. The zero-order valence-corrected chi connectivity index (χ0v) is 12.4. The summed E-state index contributed by atoms with van der Waals surface area (Å²) in [5, 5.41) is 0. The molecule has 2 rings (SSSR count). The minimum Gasteiger partial charge on any atom is -0.370 e. The van der Waals surface area contributed by atoms with E-state index >= 15 is 0 Å². The Labute approximate surface area is 122 Å². The molecule has 1 aliphatic heterocycles. The second kappa shape index (κ2) is 6.99. The highest BCUT2D eigenvalue weighted by Gasteiger charge is 2.14. The van der Waals surface area contributed by atoms with Crippen molar-refractivity contribution in [3.63, 3.8) is 0 Å². The first-order chi connectivity index (χ1) is 9.66. The molecule has 0 aromatic heterocycles. The van der Waals surface area contributed by atoms with Crippen LogP contribution in [0.5, 0.6) is 0 Å². The maximum absolute atomic E-state index is 4.17. The molecule has 0 bridgehead atoms. The Balaban J connectivity index is 1.95. The maximum Gasteiger partial charge on any atom is 0.0366 e. The molecule has 2 nitrogen and oxygen atoms in total. The number of nitrogens with zero attached hydrogens (tertiary/aromatic N) is 2. The molecule has 0 atom stereocenters. The molecule has 0 amide bonds. The summed E-state index contributed by atoms with van der Waals surface area (Å²) in [6.07, 6.45) is 5.26. The Morgan fingerprint density at radius 1 is 1.00 bits per heavy atom. The number of hydrogen-bond donors (Lipinski definition) is 0. The third-order valence-corrected chi connectivity index (χ3v) is 3.58. The van der Waals surface area contributed by atoms with Crippen LogP contribution in [0, 0.1) is 0 Å². The van der Waals surface area contributed by atoms with E-state index in [0.717, 1.165) is 43.9 Å². The molecule has 1 heterocycles. The zero-order valence-electron chi connectivity index (χ0n) is 12.4. The van der Waals surface area contributed by atoms with Gasteiger partial charge in [-0.15, -0.1) is 0 Å². The minimum absolute atomic E-state index is 1.02. The van der Waals surface area contributed by atoms with Crippen LogP contribution in [-0.4, -0.2) is 31.1 Å². The monoisotopic (exact) mass is 268 g/mol. The fraction of sp³-hybridized carbons (Fsp3) is 0.333. The van der Waals surface area contributed by atoms with Crippen LogP contribution in [0.1, 0.15) is 13.3 Å². The summed E-state index contributed by atoms with van der Waals surface area (Å²) in [6.45, 7) is 14.3. The predicted molar refractivity (Wildman–Crippen MR) is 87.9 cm³/mol. The smallest absolute Gasteiger partial charge is 0.0366 e. The molecule has 2 heteroatoms. The van der Waals surface area contributed by atoms with E-state index < -0.39 is 0 Å². The van der Waals surface area contributed by atoms with Gasteiger partial charge in [-0.3, -0.25) is 0 Å². The molecule has 1 fully saturated rings. The number of anilines is 1. The number of allylic oxidation sites excluding steroid dienone is 3. The molecular weight excluding hydrogens is 244 g/mol. The van der Waals surface area contributed by atoms with Crippen LogP contribution in [0.4, 0.5) is 5.69 Å². The second-order valence-electron chi connectivity index (χ2n) is 5.33. The van der Waals surface area contributed by atoms with E-state index in [1.54, 1.807) is 0 Å². The first kappa shape index (κ1) is 14.4. The van der Waals surface area contributed by atoms with Gasteiger partial charge in [0, 0.05) is 37.6 Å². The van der Waals surface area contributed by atoms with E-state index in [9.17, 15) is 0 Å². The molecule has 20 heavy (non-hydrogen) atoms. The number of benzene rings is 1. The van der Waals surface area contributed by atoms with Gasteiger partial charge in [-0.25, -0.2) is 0 Å². The normalized spacial score (nSPS) is 16.2. The topological polar surface area (TPSA) is 6.48 Å². The molecule has 0 aliphatic carbocycles. The van der Waals surface area contributed by atoms with Gasteiger partial charge in [-0.2, -0.15) is 0 Å². The fourth-order valence-corrected chi connectivity index (χ4v) is 2.45. The quantitative estimate of drug-likeness (QED) is 0.765.